The molecule has 31 heavy (non-hydrogen) atoms. The maximum absolute atomic E-state index is 12.6. The van der Waals surface area contributed by atoms with E-state index in [4.69, 9.17) is 4.74 Å². The van der Waals surface area contributed by atoms with E-state index in [2.05, 4.69) is 16.0 Å². The van der Waals surface area contributed by atoms with E-state index in [1.165, 1.54) is 0 Å². The van der Waals surface area contributed by atoms with Crippen LogP contribution in [0.3, 0.4) is 0 Å². The molecule has 0 saturated carbocycles. The molecular weight excluding hydrogens is 386 g/mol. The lowest BCUT2D eigenvalue weighted by atomic mass is 10.0. The number of nitrogens with one attached hydrogen (secondary N) is 1. The molecule has 0 atom stereocenters. The minimum Gasteiger partial charge on any atom is -0.497 e. The summed E-state index contributed by atoms with van der Waals surface area (Å²) >= 11 is 0. The molecule has 5 heteroatoms. The molecule has 0 unspecified atom stereocenters. The van der Waals surface area contributed by atoms with Crippen molar-refractivity contribution in [1.82, 2.24) is 4.57 Å². The van der Waals surface area contributed by atoms with Gasteiger partial charge in [0.25, 0.3) is 5.91 Å². The van der Waals surface area contributed by atoms with E-state index in [1.807, 2.05) is 68.4 Å². The lowest BCUT2D eigenvalue weighted by molar-refractivity contribution is 0.102. The average molecular weight is 409 g/mol. The third-order valence-corrected chi connectivity index (χ3v) is 5.43. The number of anilines is 1. The Morgan fingerprint density at radius 1 is 1.06 bits per heavy atom. The normalized spacial score (nSPS) is 10.6. The van der Waals surface area contributed by atoms with Crippen molar-refractivity contribution in [2.24, 2.45) is 0 Å². The van der Waals surface area contributed by atoms with Crippen molar-refractivity contribution >= 4 is 22.5 Å². The topological polar surface area (TPSA) is 67.0 Å². The molecule has 1 aromatic heterocycles. The molecule has 0 saturated heterocycles. The third kappa shape index (κ3) is 3.76. The van der Waals surface area contributed by atoms with Crippen LogP contribution in [-0.2, 0) is 6.54 Å². The number of nitriles is 1. The highest BCUT2D eigenvalue weighted by atomic mass is 16.5. The molecule has 3 aromatic carbocycles. The lowest BCUT2D eigenvalue weighted by Gasteiger charge is -2.10. The Bertz CT molecular complexity index is 1290. The van der Waals surface area contributed by atoms with Gasteiger partial charge in [0.05, 0.1) is 23.9 Å². The number of nitrogens with zero attached hydrogens (tertiary/aromatic N) is 2. The zero-order chi connectivity index (χ0) is 22.0. The summed E-state index contributed by atoms with van der Waals surface area (Å²) in [5.74, 6) is 0.579. The molecule has 154 valence electrons. The first kappa shape index (κ1) is 20.2. The molecule has 1 heterocycles. The fraction of sp³-hybridized carbons (Fsp3) is 0.154. The van der Waals surface area contributed by atoms with Crippen molar-refractivity contribution in [1.29, 1.82) is 5.26 Å². The zero-order valence-electron chi connectivity index (χ0n) is 17.8. The molecule has 4 rings (SSSR count). The Kier molecular flexibility index (Phi) is 5.46. The monoisotopic (exact) mass is 409 g/mol. The summed E-state index contributed by atoms with van der Waals surface area (Å²) in [5.41, 5.74) is 5.76. The molecule has 0 aliphatic carbocycles. The Hall–Kier alpha value is -4.04. The van der Waals surface area contributed by atoms with E-state index in [9.17, 15) is 10.1 Å². The van der Waals surface area contributed by atoms with Crippen molar-refractivity contribution in [3.8, 4) is 23.1 Å². The molecule has 0 aliphatic heterocycles. The number of carbonyl (C=O) groups excluding carboxylic acids is 1. The Labute approximate surface area is 181 Å². The van der Waals surface area contributed by atoms with Crippen LogP contribution in [0.1, 0.15) is 28.4 Å². The van der Waals surface area contributed by atoms with Crippen LogP contribution in [-0.4, -0.2) is 17.6 Å². The maximum Gasteiger partial charge on any atom is 0.255 e. The van der Waals surface area contributed by atoms with Crippen LogP contribution >= 0.6 is 0 Å². The van der Waals surface area contributed by atoms with Gasteiger partial charge in [0, 0.05) is 29.2 Å². The van der Waals surface area contributed by atoms with Gasteiger partial charge in [-0.25, -0.2) is 0 Å². The van der Waals surface area contributed by atoms with Gasteiger partial charge in [-0.05, 0) is 55.8 Å². The molecule has 0 bridgehead atoms. The number of fused-ring (bicyclic) bond motifs is 1. The van der Waals surface area contributed by atoms with Crippen LogP contribution in [0.25, 0.3) is 22.2 Å². The highest BCUT2D eigenvalue weighted by Gasteiger charge is 2.19. The van der Waals surface area contributed by atoms with Crippen molar-refractivity contribution in [3.05, 3.63) is 83.4 Å². The minimum atomic E-state index is -0.170. The molecule has 1 N–H and O–H groups in total. The number of carbonyl (C=O) groups is 1. The van der Waals surface area contributed by atoms with Gasteiger partial charge in [-0.15, -0.1) is 0 Å². The Morgan fingerprint density at radius 3 is 2.39 bits per heavy atom. The first-order valence-corrected chi connectivity index (χ1v) is 10.1. The number of aromatic nitrogens is 1. The number of amides is 1. The summed E-state index contributed by atoms with van der Waals surface area (Å²) in [6, 6.07) is 23.2. The van der Waals surface area contributed by atoms with Crippen LogP contribution in [0, 0.1) is 18.3 Å². The van der Waals surface area contributed by atoms with Gasteiger partial charge < -0.3 is 14.6 Å². The van der Waals surface area contributed by atoms with Crippen molar-refractivity contribution in [2.45, 2.75) is 20.4 Å². The predicted octanol–water partition coefficient (Wildman–Crippen LogP) is 5.77. The van der Waals surface area contributed by atoms with E-state index < -0.39 is 0 Å². The van der Waals surface area contributed by atoms with Crippen molar-refractivity contribution in [2.75, 3.05) is 12.4 Å². The Morgan fingerprint density at radius 2 is 1.77 bits per heavy atom. The highest BCUT2D eigenvalue weighted by Crippen LogP contribution is 2.35. The molecule has 1 amide bonds. The number of aryl methyl sites for hydroxylation is 2. The predicted molar refractivity (Wildman–Crippen MR) is 123 cm³/mol. The molecule has 4 aromatic rings. The molecule has 0 radical (unpaired) electrons. The summed E-state index contributed by atoms with van der Waals surface area (Å²) in [7, 11) is 1.63. The second-order valence-corrected chi connectivity index (χ2v) is 7.36. The molecule has 0 aliphatic rings. The fourth-order valence-electron chi connectivity index (χ4n) is 3.82. The molecule has 5 nitrogen and oxygen atoms in total. The minimum absolute atomic E-state index is 0.170. The first-order valence-electron chi connectivity index (χ1n) is 10.1. The molecular formula is C26H23N3O2. The number of hydrogen-bond donors (Lipinski definition) is 1. The van der Waals surface area contributed by atoms with Crippen LogP contribution in [0.2, 0.25) is 0 Å². The SMILES string of the molecule is CCn1c(-c2ccc(C(=O)Nc3ccc(C)cc3)cc2)c(C#N)c2ccc(OC)cc21. The smallest absolute Gasteiger partial charge is 0.255 e. The second-order valence-electron chi connectivity index (χ2n) is 7.36. The zero-order valence-corrected chi connectivity index (χ0v) is 17.8. The van der Waals surface area contributed by atoms with Crippen LogP contribution < -0.4 is 10.1 Å². The summed E-state index contributed by atoms with van der Waals surface area (Å²) in [4.78, 5) is 12.6. The van der Waals surface area contributed by atoms with Crippen LogP contribution in [0.5, 0.6) is 5.75 Å². The van der Waals surface area contributed by atoms with Crippen LogP contribution in [0.15, 0.2) is 66.7 Å². The average Bonchev–Trinajstić information content (AvgIpc) is 3.13. The number of ether oxygens (including phenoxy) is 1. The summed E-state index contributed by atoms with van der Waals surface area (Å²) in [6.07, 6.45) is 0. The van der Waals surface area contributed by atoms with E-state index in [0.717, 1.165) is 39.2 Å². The Balaban J connectivity index is 1.71. The number of methoxy groups -OCH3 is 1. The van der Waals surface area contributed by atoms with Gasteiger partial charge in [-0.2, -0.15) is 5.26 Å². The van der Waals surface area contributed by atoms with Crippen LogP contribution in [0.4, 0.5) is 5.69 Å². The largest absolute Gasteiger partial charge is 0.497 e. The van der Waals surface area contributed by atoms with E-state index in [1.54, 1.807) is 19.2 Å². The number of hydrogen-bond acceptors (Lipinski definition) is 3. The van der Waals surface area contributed by atoms with Gasteiger partial charge in [0.1, 0.15) is 11.8 Å². The van der Waals surface area contributed by atoms with Crippen molar-refractivity contribution in [3.63, 3.8) is 0 Å². The number of rotatable bonds is 5. The maximum atomic E-state index is 12.6. The summed E-state index contributed by atoms with van der Waals surface area (Å²) in [6.45, 7) is 4.76. The molecule has 0 spiro atoms. The van der Waals surface area contributed by atoms with E-state index in [0.29, 0.717) is 17.7 Å². The third-order valence-electron chi connectivity index (χ3n) is 5.43. The van der Waals surface area contributed by atoms with E-state index in [-0.39, 0.29) is 5.91 Å². The van der Waals surface area contributed by atoms with Gasteiger partial charge in [0.2, 0.25) is 0 Å². The van der Waals surface area contributed by atoms with Gasteiger partial charge >= 0.3 is 0 Å². The van der Waals surface area contributed by atoms with Gasteiger partial charge in [0.15, 0.2) is 0 Å². The summed E-state index contributed by atoms with van der Waals surface area (Å²) < 4.78 is 7.48. The highest BCUT2D eigenvalue weighted by molar-refractivity contribution is 6.04. The molecule has 0 fully saturated rings. The number of benzene rings is 3. The summed E-state index contributed by atoms with van der Waals surface area (Å²) in [5, 5.41) is 13.7. The van der Waals surface area contributed by atoms with Gasteiger partial charge in [-0.1, -0.05) is 29.8 Å². The second kappa shape index (κ2) is 8.37. The fourth-order valence-corrected chi connectivity index (χ4v) is 3.82. The van der Waals surface area contributed by atoms with E-state index >= 15 is 0 Å². The van der Waals surface area contributed by atoms with Crippen molar-refractivity contribution < 1.29 is 9.53 Å². The first-order chi connectivity index (χ1) is 15.0. The lowest BCUT2D eigenvalue weighted by Crippen LogP contribution is -2.11. The quantitative estimate of drug-likeness (QED) is 0.455. The standard InChI is InChI=1S/C26H23N3O2/c1-4-29-24-15-21(31-3)13-14-22(24)23(16-27)25(29)18-7-9-19(10-8-18)26(30)28-20-11-5-17(2)6-12-20/h5-15H,4H2,1-3H3,(H,28,30). The van der Waals surface area contributed by atoms with Gasteiger partial charge in [-0.3, -0.25) is 4.79 Å².